The van der Waals surface area contributed by atoms with E-state index in [1.54, 1.807) is 0 Å². The number of nitrogens with zero attached hydrogens (tertiary/aromatic N) is 2. The molecule has 2 aromatic rings. The van der Waals surface area contributed by atoms with E-state index in [4.69, 9.17) is 4.74 Å². The summed E-state index contributed by atoms with van der Waals surface area (Å²) in [4.78, 5) is 16.9. The second-order valence-corrected chi connectivity index (χ2v) is 8.29. The van der Waals surface area contributed by atoms with Crippen LogP contribution in [-0.2, 0) is 6.54 Å². The van der Waals surface area contributed by atoms with E-state index < -0.39 is 0 Å². The van der Waals surface area contributed by atoms with Gasteiger partial charge in [-0.05, 0) is 62.9 Å². The standard InChI is InChI=1S/C25H35N3O2/c1-20(2)30-24-13-6-5-12-23(24)27(3)17-14-26-19-21-10-9-11-22(18-21)25(29)28-15-7-4-8-16-28/h5-6,9-13,18,20,26H,4,7-8,14-17,19H2,1-3H3. The number of anilines is 1. The van der Waals surface area contributed by atoms with Gasteiger partial charge in [0.25, 0.3) is 5.91 Å². The van der Waals surface area contributed by atoms with E-state index in [0.717, 1.165) is 68.1 Å². The molecule has 0 atom stereocenters. The molecule has 0 unspecified atom stereocenters. The summed E-state index contributed by atoms with van der Waals surface area (Å²) in [6, 6.07) is 16.2. The van der Waals surface area contributed by atoms with Crippen LogP contribution in [0, 0.1) is 0 Å². The third kappa shape index (κ3) is 6.23. The Morgan fingerprint density at radius 2 is 1.87 bits per heavy atom. The highest BCUT2D eigenvalue weighted by molar-refractivity contribution is 5.94. The van der Waals surface area contributed by atoms with Gasteiger partial charge in [0.15, 0.2) is 0 Å². The topological polar surface area (TPSA) is 44.8 Å². The van der Waals surface area contributed by atoms with Crippen molar-refractivity contribution in [2.45, 2.75) is 45.8 Å². The maximum Gasteiger partial charge on any atom is 0.253 e. The molecule has 3 rings (SSSR count). The summed E-state index contributed by atoms with van der Waals surface area (Å²) in [6.45, 7) is 8.32. The number of benzene rings is 2. The minimum absolute atomic E-state index is 0.151. The molecule has 1 aliphatic heterocycles. The third-order valence-electron chi connectivity index (χ3n) is 5.41. The summed E-state index contributed by atoms with van der Waals surface area (Å²) in [6.07, 6.45) is 3.62. The second-order valence-electron chi connectivity index (χ2n) is 8.29. The number of likely N-dealkylation sites (N-methyl/N-ethyl adjacent to an activating group) is 1. The molecule has 0 spiro atoms. The molecule has 0 radical (unpaired) electrons. The lowest BCUT2D eigenvalue weighted by atomic mass is 10.1. The molecule has 2 aromatic carbocycles. The van der Waals surface area contributed by atoms with E-state index >= 15 is 0 Å². The van der Waals surface area contributed by atoms with Crippen molar-refractivity contribution in [3.05, 3.63) is 59.7 Å². The van der Waals surface area contributed by atoms with Crippen molar-refractivity contribution in [3.63, 3.8) is 0 Å². The molecule has 1 amide bonds. The van der Waals surface area contributed by atoms with Crippen molar-refractivity contribution in [1.82, 2.24) is 10.2 Å². The largest absolute Gasteiger partial charge is 0.489 e. The number of amides is 1. The van der Waals surface area contributed by atoms with Crippen molar-refractivity contribution in [2.24, 2.45) is 0 Å². The number of ether oxygens (including phenoxy) is 1. The van der Waals surface area contributed by atoms with Gasteiger partial charge in [-0.15, -0.1) is 0 Å². The first kappa shape index (κ1) is 22.2. The van der Waals surface area contributed by atoms with Crippen LogP contribution in [0.5, 0.6) is 5.75 Å². The van der Waals surface area contributed by atoms with Crippen LogP contribution in [0.25, 0.3) is 0 Å². The van der Waals surface area contributed by atoms with Crippen molar-refractivity contribution in [1.29, 1.82) is 0 Å². The van der Waals surface area contributed by atoms with Crippen LogP contribution in [0.1, 0.15) is 49.0 Å². The van der Waals surface area contributed by atoms with Crippen LogP contribution >= 0.6 is 0 Å². The normalized spacial score (nSPS) is 14.1. The third-order valence-corrected chi connectivity index (χ3v) is 5.41. The molecule has 0 saturated carbocycles. The van der Waals surface area contributed by atoms with Crippen molar-refractivity contribution >= 4 is 11.6 Å². The van der Waals surface area contributed by atoms with Crippen molar-refractivity contribution < 1.29 is 9.53 Å². The fourth-order valence-electron chi connectivity index (χ4n) is 3.82. The predicted molar refractivity (Wildman–Crippen MR) is 123 cm³/mol. The maximum absolute atomic E-state index is 12.7. The van der Waals surface area contributed by atoms with Crippen LogP contribution in [-0.4, -0.2) is 50.1 Å². The number of carbonyl (C=O) groups is 1. The van der Waals surface area contributed by atoms with Crippen LogP contribution < -0.4 is 15.0 Å². The van der Waals surface area contributed by atoms with Gasteiger partial charge in [-0.25, -0.2) is 0 Å². The zero-order valence-electron chi connectivity index (χ0n) is 18.6. The fourth-order valence-corrected chi connectivity index (χ4v) is 3.82. The van der Waals surface area contributed by atoms with Crippen molar-refractivity contribution in [2.75, 3.05) is 38.1 Å². The summed E-state index contributed by atoms with van der Waals surface area (Å²) in [7, 11) is 2.09. The molecule has 5 nitrogen and oxygen atoms in total. The van der Waals surface area contributed by atoms with E-state index in [0.29, 0.717) is 0 Å². The average Bonchev–Trinajstić information content (AvgIpc) is 2.77. The molecule has 1 N–H and O–H groups in total. The van der Waals surface area contributed by atoms with E-state index in [1.807, 2.05) is 55.1 Å². The van der Waals surface area contributed by atoms with Gasteiger partial charge in [-0.1, -0.05) is 24.3 Å². The van der Waals surface area contributed by atoms with Gasteiger partial charge in [0.05, 0.1) is 11.8 Å². The Morgan fingerprint density at radius 1 is 1.10 bits per heavy atom. The van der Waals surface area contributed by atoms with Crippen LogP contribution in [0.3, 0.4) is 0 Å². The molecule has 162 valence electrons. The first-order valence-corrected chi connectivity index (χ1v) is 11.1. The molecule has 30 heavy (non-hydrogen) atoms. The number of hydrogen-bond acceptors (Lipinski definition) is 4. The van der Waals surface area contributed by atoms with Gasteiger partial charge in [-0.3, -0.25) is 4.79 Å². The number of carbonyl (C=O) groups excluding carboxylic acids is 1. The monoisotopic (exact) mass is 409 g/mol. The lowest BCUT2D eigenvalue weighted by Crippen LogP contribution is -2.35. The van der Waals surface area contributed by atoms with Gasteiger partial charge >= 0.3 is 0 Å². The highest BCUT2D eigenvalue weighted by atomic mass is 16.5. The minimum Gasteiger partial charge on any atom is -0.489 e. The minimum atomic E-state index is 0.151. The van der Waals surface area contributed by atoms with Crippen LogP contribution in [0.15, 0.2) is 48.5 Å². The quantitative estimate of drug-likeness (QED) is 0.626. The number of hydrogen-bond donors (Lipinski definition) is 1. The first-order chi connectivity index (χ1) is 14.5. The molecule has 1 saturated heterocycles. The molecular weight excluding hydrogens is 374 g/mol. The Morgan fingerprint density at radius 3 is 2.63 bits per heavy atom. The Balaban J connectivity index is 1.49. The zero-order valence-corrected chi connectivity index (χ0v) is 18.6. The van der Waals surface area contributed by atoms with Gasteiger partial charge < -0.3 is 19.9 Å². The van der Waals surface area contributed by atoms with E-state index in [2.05, 4.69) is 29.4 Å². The lowest BCUT2D eigenvalue weighted by molar-refractivity contribution is 0.0724. The maximum atomic E-state index is 12.7. The SMILES string of the molecule is CC(C)Oc1ccccc1N(C)CCNCc1cccc(C(=O)N2CCCCC2)c1. The molecule has 1 aliphatic rings. The second kappa shape index (κ2) is 11.0. The van der Waals surface area contributed by atoms with Gasteiger partial charge in [0.1, 0.15) is 5.75 Å². The number of likely N-dealkylation sites (tertiary alicyclic amines) is 1. The molecule has 1 heterocycles. The molecule has 0 aromatic heterocycles. The Kier molecular flexibility index (Phi) is 8.14. The summed E-state index contributed by atoms with van der Waals surface area (Å²) in [5, 5.41) is 3.50. The highest BCUT2D eigenvalue weighted by Crippen LogP contribution is 2.27. The van der Waals surface area contributed by atoms with Gasteiger partial charge in [0.2, 0.25) is 0 Å². The molecule has 0 bridgehead atoms. The zero-order chi connectivity index (χ0) is 21.3. The van der Waals surface area contributed by atoms with E-state index in [-0.39, 0.29) is 12.0 Å². The number of piperidine rings is 1. The molecule has 0 aliphatic carbocycles. The number of rotatable bonds is 9. The van der Waals surface area contributed by atoms with Crippen molar-refractivity contribution in [3.8, 4) is 5.75 Å². The summed E-state index contributed by atoms with van der Waals surface area (Å²) < 4.78 is 5.93. The first-order valence-electron chi connectivity index (χ1n) is 11.1. The Bertz CT molecular complexity index is 816. The van der Waals surface area contributed by atoms with Gasteiger partial charge in [0, 0.05) is 45.3 Å². The van der Waals surface area contributed by atoms with E-state index in [1.165, 1.54) is 6.42 Å². The molecular formula is C25H35N3O2. The smallest absolute Gasteiger partial charge is 0.253 e. The molecule has 1 fully saturated rings. The predicted octanol–water partition coefficient (Wildman–Crippen LogP) is 4.33. The fraction of sp³-hybridized carbons (Fsp3) is 0.480. The summed E-state index contributed by atoms with van der Waals surface area (Å²) in [5.74, 6) is 1.08. The highest BCUT2D eigenvalue weighted by Gasteiger charge is 2.18. The van der Waals surface area contributed by atoms with Crippen LogP contribution in [0.2, 0.25) is 0 Å². The van der Waals surface area contributed by atoms with E-state index in [9.17, 15) is 4.79 Å². The molecule has 5 heteroatoms. The Labute approximate surface area is 181 Å². The lowest BCUT2D eigenvalue weighted by Gasteiger charge is -2.26. The number of nitrogens with one attached hydrogen (secondary N) is 1. The summed E-state index contributed by atoms with van der Waals surface area (Å²) >= 11 is 0. The Hall–Kier alpha value is -2.53. The number of para-hydroxylation sites is 2. The van der Waals surface area contributed by atoms with Gasteiger partial charge in [-0.2, -0.15) is 0 Å². The van der Waals surface area contributed by atoms with Crippen LogP contribution in [0.4, 0.5) is 5.69 Å². The summed E-state index contributed by atoms with van der Waals surface area (Å²) in [5.41, 5.74) is 3.04. The average molecular weight is 410 g/mol.